The lowest BCUT2D eigenvalue weighted by Crippen LogP contribution is -2.43. The number of rotatable bonds is 7. The van der Waals surface area contributed by atoms with E-state index in [1.807, 2.05) is 13.8 Å². The molecule has 0 spiro atoms. The molecule has 21 heavy (non-hydrogen) atoms. The third-order valence-corrected chi connectivity index (χ3v) is 5.20. The average Bonchev–Trinajstić information content (AvgIpc) is 3.09. The molecule has 0 aromatic rings. The monoisotopic (exact) mass is 293 g/mol. The minimum Gasteiger partial charge on any atom is -0.395 e. The maximum Gasteiger partial charge on any atom is 0.0683 e. The van der Waals surface area contributed by atoms with Crippen LogP contribution in [0.25, 0.3) is 0 Å². The first-order valence-corrected chi connectivity index (χ1v) is 8.56. The first-order chi connectivity index (χ1) is 10.1. The Labute approximate surface area is 129 Å². The van der Waals surface area contributed by atoms with E-state index in [4.69, 9.17) is 5.26 Å². The molecule has 0 aromatic heterocycles. The molecule has 2 saturated heterocycles. The van der Waals surface area contributed by atoms with E-state index in [0.717, 1.165) is 38.9 Å². The summed E-state index contributed by atoms with van der Waals surface area (Å²) in [7, 11) is 0. The number of hydrogen-bond donors (Lipinski definition) is 1. The van der Waals surface area contributed by atoms with Gasteiger partial charge in [-0.05, 0) is 72.0 Å². The molecule has 0 aliphatic carbocycles. The highest BCUT2D eigenvalue weighted by Crippen LogP contribution is 2.25. The Morgan fingerprint density at radius 3 is 2.48 bits per heavy atom. The lowest BCUT2D eigenvalue weighted by Gasteiger charge is -2.31. The zero-order valence-electron chi connectivity index (χ0n) is 13.7. The van der Waals surface area contributed by atoms with Crippen molar-refractivity contribution in [2.75, 3.05) is 32.8 Å². The zero-order chi connectivity index (χ0) is 15.3. The van der Waals surface area contributed by atoms with Crippen LogP contribution in [0.3, 0.4) is 0 Å². The van der Waals surface area contributed by atoms with Crippen molar-refractivity contribution in [3.63, 3.8) is 0 Å². The summed E-state index contributed by atoms with van der Waals surface area (Å²) < 4.78 is 0. The summed E-state index contributed by atoms with van der Waals surface area (Å²) in [5.74, 6) is 0. The maximum atomic E-state index is 9.45. The Balaban J connectivity index is 1.77. The molecule has 1 N–H and O–H groups in total. The molecule has 2 fully saturated rings. The van der Waals surface area contributed by atoms with Crippen LogP contribution < -0.4 is 0 Å². The predicted octanol–water partition coefficient (Wildman–Crippen LogP) is 2.24. The highest BCUT2D eigenvalue weighted by Gasteiger charge is 2.31. The van der Waals surface area contributed by atoms with Gasteiger partial charge in [-0.2, -0.15) is 5.26 Å². The minimum absolute atomic E-state index is 0.188. The second-order valence-electron chi connectivity index (χ2n) is 7.40. The zero-order valence-corrected chi connectivity index (χ0v) is 13.7. The number of nitriles is 1. The van der Waals surface area contributed by atoms with Crippen LogP contribution in [0, 0.1) is 16.7 Å². The summed E-state index contributed by atoms with van der Waals surface area (Å²) in [5.41, 5.74) is -0.188. The molecule has 0 bridgehead atoms. The summed E-state index contributed by atoms with van der Waals surface area (Å²) in [6.45, 7) is 8.96. The lowest BCUT2D eigenvalue weighted by atomic mass is 9.90. The lowest BCUT2D eigenvalue weighted by molar-refractivity contribution is 0.121. The fourth-order valence-corrected chi connectivity index (χ4v) is 3.79. The molecule has 0 aromatic carbocycles. The van der Waals surface area contributed by atoms with Crippen molar-refractivity contribution in [3.8, 4) is 6.07 Å². The highest BCUT2D eigenvalue weighted by molar-refractivity contribution is 4.92. The Morgan fingerprint density at radius 2 is 1.81 bits per heavy atom. The van der Waals surface area contributed by atoms with Gasteiger partial charge in [-0.25, -0.2) is 0 Å². The smallest absolute Gasteiger partial charge is 0.0683 e. The van der Waals surface area contributed by atoms with Gasteiger partial charge in [0.15, 0.2) is 0 Å². The Morgan fingerprint density at radius 1 is 1.14 bits per heavy atom. The van der Waals surface area contributed by atoms with Crippen LogP contribution in [0.1, 0.15) is 52.4 Å². The van der Waals surface area contributed by atoms with E-state index < -0.39 is 0 Å². The first-order valence-electron chi connectivity index (χ1n) is 8.56. The van der Waals surface area contributed by atoms with E-state index in [2.05, 4.69) is 15.9 Å². The molecule has 2 unspecified atom stereocenters. The van der Waals surface area contributed by atoms with Crippen molar-refractivity contribution in [3.05, 3.63) is 0 Å². The largest absolute Gasteiger partial charge is 0.395 e. The minimum atomic E-state index is -0.188. The summed E-state index contributed by atoms with van der Waals surface area (Å²) in [6.07, 6.45) is 7.06. The van der Waals surface area contributed by atoms with Crippen molar-refractivity contribution < 1.29 is 5.11 Å². The highest BCUT2D eigenvalue weighted by atomic mass is 16.3. The van der Waals surface area contributed by atoms with Gasteiger partial charge in [0, 0.05) is 18.6 Å². The fourth-order valence-electron chi connectivity index (χ4n) is 3.79. The summed E-state index contributed by atoms with van der Waals surface area (Å²) in [4.78, 5) is 5.10. The standard InChI is InChI=1S/C17H31N3O/c1-17(2,14-18)8-5-11-19-9-3-6-15(19)12-20-10-4-7-16(20)13-21/h15-16,21H,3-13H2,1-2H3. The van der Waals surface area contributed by atoms with Crippen LogP contribution in [0.15, 0.2) is 0 Å². The van der Waals surface area contributed by atoms with Gasteiger partial charge < -0.3 is 5.11 Å². The average molecular weight is 293 g/mol. The van der Waals surface area contributed by atoms with Crippen LogP contribution >= 0.6 is 0 Å². The normalized spacial score (nSPS) is 28.1. The van der Waals surface area contributed by atoms with Crippen molar-refractivity contribution in [1.29, 1.82) is 5.26 Å². The van der Waals surface area contributed by atoms with Crippen LogP contribution in [0.4, 0.5) is 0 Å². The molecule has 4 heteroatoms. The van der Waals surface area contributed by atoms with Gasteiger partial charge in [-0.15, -0.1) is 0 Å². The fraction of sp³-hybridized carbons (Fsp3) is 0.941. The van der Waals surface area contributed by atoms with Crippen LogP contribution in [-0.4, -0.2) is 59.8 Å². The third kappa shape index (κ3) is 4.67. The number of aliphatic hydroxyl groups is 1. The Kier molecular flexibility index (Phi) is 6.04. The van der Waals surface area contributed by atoms with Gasteiger partial charge in [0.1, 0.15) is 0 Å². The van der Waals surface area contributed by atoms with E-state index in [1.165, 1.54) is 25.8 Å². The van der Waals surface area contributed by atoms with Gasteiger partial charge in [-0.1, -0.05) is 0 Å². The van der Waals surface area contributed by atoms with Crippen molar-refractivity contribution in [1.82, 2.24) is 9.80 Å². The second-order valence-corrected chi connectivity index (χ2v) is 7.40. The third-order valence-electron chi connectivity index (χ3n) is 5.20. The summed E-state index contributed by atoms with van der Waals surface area (Å²) in [5, 5.41) is 18.5. The van der Waals surface area contributed by atoms with Crippen molar-refractivity contribution >= 4 is 0 Å². The number of nitrogens with zero attached hydrogens (tertiary/aromatic N) is 3. The SMILES string of the molecule is CC(C)(C#N)CCCN1CCCC1CN1CCCC1CO. The molecule has 2 atom stereocenters. The van der Waals surface area contributed by atoms with Crippen LogP contribution in [-0.2, 0) is 0 Å². The number of aliphatic hydroxyl groups excluding tert-OH is 1. The molecule has 2 aliphatic heterocycles. The van der Waals surface area contributed by atoms with Crippen molar-refractivity contribution in [2.24, 2.45) is 5.41 Å². The first kappa shape index (κ1) is 16.7. The molecule has 0 amide bonds. The van der Waals surface area contributed by atoms with Gasteiger partial charge >= 0.3 is 0 Å². The van der Waals surface area contributed by atoms with Gasteiger partial charge in [0.25, 0.3) is 0 Å². The molecule has 0 radical (unpaired) electrons. The van der Waals surface area contributed by atoms with E-state index in [-0.39, 0.29) is 5.41 Å². The topological polar surface area (TPSA) is 50.5 Å². The Bertz CT molecular complexity index is 364. The summed E-state index contributed by atoms with van der Waals surface area (Å²) in [6, 6.07) is 3.44. The predicted molar refractivity (Wildman–Crippen MR) is 84.9 cm³/mol. The maximum absolute atomic E-state index is 9.45. The summed E-state index contributed by atoms with van der Waals surface area (Å²) >= 11 is 0. The van der Waals surface area contributed by atoms with Crippen LogP contribution in [0.5, 0.6) is 0 Å². The van der Waals surface area contributed by atoms with E-state index in [9.17, 15) is 5.11 Å². The van der Waals surface area contributed by atoms with Crippen molar-refractivity contribution in [2.45, 2.75) is 64.5 Å². The molecule has 2 heterocycles. The molecule has 0 saturated carbocycles. The molecule has 2 rings (SSSR count). The molecule has 2 aliphatic rings. The van der Waals surface area contributed by atoms with E-state index >= 15 is 0 Å². The number of hydrogen-bond acceptors (Lipinski definition) is 4. The van der Waals surface area contributed by atoms with E-state index in [1.54, 1.807) is 0 Å². The van der Waals surface area contributed by atoms with Gasteiger partial charge in [0.2, 0.25) is 0 Å². The molecular weight excluding hydrogens is 262 g/mol. The van der Waals surface area contributed by atoms with Gasteiger partial charge in [-0.3, -0.25) is 9.80 Å². The second kappa shape index (κ2) is 7.58. The molecule has 120 valence electrons. The van der Waals surface area contributed by atoms with Gasteiger partial charge in [0.05, 0.1) is 18.1 Å². The Hall–Kier alpha value is -0.630. The molecular formula is C17H31N3O. The molecule has 4 nitrogen and oxygen atoms in total. The van der Waals surface area contributed by atoms with E-state index in [0.29, 0.717) is 18.7 Å². The quantitative estimate of drug-likeness (QED) is 0.782. The van der Waals surface area contributed by atoms with Crippen LogP contribution in [0.2, 0.25) is 0 Å². The number of likely N-dealkylation sites (tertiary alicyclic amines) is 2.